The highest BCUT2D eigenvalue weighted by molar-refractivity contribution is 7.93. The van der Waals surface area contributed by atoms with Gasteiger partial charge in [0, 0.05) is 11.6 Å². The first kappa shape index (κ1) is 16.0. The van der Waals surface area contributed by atoms with Crippen molar-refractivity contribution in [2.24, 2.45) is 0 Å². The van der Waals surface area contributed by atoms with E-state index >= 15 is 0 Å². The Hall–Kier alpha value is -2.45. The van der Waals surface area contributed by atoms with Crippen LogP contribution >= 0.6 is 11.3 Å². The Morgan fingerprint density at radius 1 is 1.12 bits per heavy atom. The normalized spacial score (nSPS) is 14.4. The maximum Gasteiger partial charge on any atom is 0.263 e. The highest BCUT2D eigenvalue weighted by atomic mass is 32.2. The van der Waals surface area contributed by atoms with Gasteiger partial charge in [-0.25, -0.2) is 13.4 Å². The van der Waals surface area contributed by atoms with Gasteiger partial charge in [-0.05, 0) is 43.2 Å². The molecule has 1 fully saturated rings. The van der Waals surface area contributed by atoms with E-state index in [1.165, 1.54) is 23.5 Å². The lowest BCUT2D eigenvalue weighted by atomic mass is 10.2. The number of benzene rings is 2. The smallest absolute Gasteiger partial charge is 0.263 e. The zero-order chi connectivity index (χ0) is 17.4. The van der Waals surface area contributed by atoms with Gasteiger partial charge >= 0.3 is 0 Å². The minimum Gasteiger partial charge on any atom is -0.349 e. The third-order valence-electron chi connectivity index (χ3n) is 3.84. The Bertz CT molecular complexity index is 1040. The van der Waals surface area contributed by atoms with Gasteiger partial charge in [-0.15, -0.1) is 0 Å². The number of hydrogen-bond donors (Lipinski definition) is 2. The molecule has 0 aliphatic heterocycles. The van der Waals surface area contributed by atoms with Crippen molar-refractivity contribution in [3.63, 3.8) is 0 Å². The molecule has 0 spiro atoms. The molecule has 4 rings (SSSR count). The summed E-state index contributed by atoms with van der Waals surface area (Å²) in [6.45, 7) is 0. The van der Waals surface area contributed by atoms with Gasteiger partial charge < -0.3 is 5.32 Å². The number of amides is 1. The van der Waals surface area contributed by atoms with E-state index < -0.39 is 10.0 Å². The first-order valence-electron chi connectivity index (χ1n) is 7.81. The lowest BCUT2D eigenvalue weighted by Gasteiger charge is -2.03. The number of hydrogen-bond acceptors (Lipinski definition) is 5. The Morgan fingerprint density at radius 2 is 1.88 bits per heavy atom. The molecular formula is C17H15N3O3S2. The summed E-state index contributed by atoms with van der Waals surface area (Å²) < 4.78 is 28.0. The highest BCUT2D eigenvalue weighted by Gasteiger charge is 2.24. The zero-order valence-corrected chi connectivity index (χ0v) is 14.7. The number of rotatable bonds is 5. The van der Waals surface area contributed by atoms with Gasteiger partial charge in [0.25, 0.3) is 15.9 Å². The van der Waals surface area contributed by atoms with Crippen LogP contribution in [0.2, 0.25) is 0 Å². The number of fused-ring (bicyclic) bond motifs is 1. The van der Waals surface area contributed by atoms with E-state index in [4.69, 9.17) is 0 Å². The van der Waals surface area contributed by atoms with Crippen molar-refractivity contribution in [3.8, 4) is 0 Å². The summed E-state index contributed by atoms with van der Waals surface area (Å²) in [5.74, 6) is -0.107. The van der Waals surface area contributed by atoms with Crippen LogP contribution in [0.25, 0.3) is 10.2 Å². The maximum atomic E-state index is 12.4. The van der Waals surface area contributed by atoms with Crippen LogP contribution in [0, 0.1) is 0 Å². The molecule has 8 heteroatoms. The van der Waals surface area contributed by atoms with Crippen molar-refractivity contribution in [2.75, 3.05) is 4.72 Å². The molecule has 0 saturated heterocycles. The first-order valence-corrected chi connectivity index (χ1v) is 10.1. The zero-order valence-electron chi connectivity index (χ0n) is 13.1. The number of nitrogens with zero attached hydrogens (tertiary/aromatic N) is 1. The number of carbonyl (C=O) groups excluding carboxylic acids is 1. The minimum atomic E-state index is -3.68. The third-order valence-corrected chi connectivity index (χ3v) is 6.26. The molecule has 1 saturated carbocycles. The predicted octanol–water partition coefficient (Wildman–Crippen LogP) is 2.99. The summed E-state index contributed by atoms with van der Waals surface area (Å²) in [5, 5.41) is 3.21. The molecule has 0 atom stereocenters. The first-order chi connectivity index (χ1) is 12.0. The standard InChI is InChI=1S/C17H15N3O3S2/c21-16(18-12-7-8-12)11-6-9-14-15(10-11)24-17(19-14)20-25(22,23)13-4-2-1-3-5-13/h1-6,9-10,12H,7-8H2,(H,18,21)(H,19,20). The number of thiazole rings is 1. The van der Waals surface area contributed by atoms with E-state index in [1.807, 2.05) is 0 Å². The summed E-state index contributed by atoms with van der Waals surface area (Å²) in [4.78, 5) is 16.6. The van der Waals surface area contributed by atoms with Gasteiger partial charge in [-0.2, -0.15) is 0 Å². The molecular weight excluding hydrogens is 358 g/mol. The van der Waals surface area contributed by atoms with Crippen LogP contribution in [0.15, 0.2) is 53.4 Å². The fraction of sp³-hybridized carbons (Fsp3) is 0.176. The molecule has 6 nitrogen and oxygen atoms in total. The van der Waals surface area contributed by atoms with Crippen molar-refractivity contribution < 1.29 is 13.2 Å². The van der Waals surface area contributed by atoms with Crippen LogP contribution in [0.3, 0.4) is 0 Å². The number of carbonyl (C=O) groups is 1. The van der Waals surface area contributed by atoms with Crippen molar-refractivity contribution >= 4 is 42.6 Å². The van der Waals surface area contributed by atoms with E-state index in [-0.39, 0.29) is 22.0 Å². The van der Waals surface area contributed by atoms with E-state index in [0.29, 0.717) is 11.1 Å². The molecule has 0 unspecified atom stereocenters. The number of aromatic nitrogens is 1. The minimum absolute atomic E-state index is 0.107. The topological polar surface area (TPSA) is 88.2 Å². The molecule has 1 amide bonds. The number of nitrogens with one attached hydrogen (secondary N) is 2. The molecule has 0 radical (unpaired) electrons. The lowest BCUT2D eigenvalue weighted by molar-refractivity contribution is 0.0951. The molecule has 128 valence electrons. The number of anilines is 1. The van der Waals surface area contributed by atoms with Crippen LogP contribution in [0.4, 0.5) is 5.13 Å². The fourth-order valence-corrected chi connectivity index (χ4v) is 4.54. The van der Waals surface area contributed by atoms with Crippen molar-refractivity contribution in [3.05, 3.63) is 54.1 Å². The van der Waals surface area contributed by atoms with Gasteiger partial charge in [0.15, 0.2) is 5.13 Å². The predicted molar refractivity (Wildman–Crippen MR) is 97.4 cm³/mol. The van der Waals surface area contributed by atoms with E-state index in [0.717, 1.165) is 17.5 Å². The second-order valence-electron chi connectivity index (χ2n) is 5.87. The van der Waals surface area contributed by atoms with Crippen LogP contribution in [-0.4, -0.2) is 25.4 Å². The number of sulfonamides is 1. The van der Waals surface area contributed by atoms with Gasteiger partial charge in [0.1, 0.15) is 0 Å². The summed E-state index contributed by atoms with van der Waals surface area (Å²) >= 11 is 1.20. The SMILES string of the molecule is O=C(NC1CC1)c1ccc2nc(NS(=O)(=O)c3ccccc3)sc2c1. The lowest BCUT2D eigenvalue weighted by Crippen LogP contribution is -2.25. The average Bonchev–Trinajstić information content (AvgIpc) is 3.32. The van der Waals surface area contributed by atoms with E-state index in [2.05, 4.69) is 15.0 Å². The molecule has 1 heterocycles. The Labute approximate surface area is 149 Å². The van der Waals surface area contributed by atoms with Gasteiger partial charge in [-0.1, -0.05) is 29.5 Å². The van der Waals surface area contributed by atoms with E-state index in [1.54, 1.807) is 36.4 Å². The Kier molecular flexibility index (Phi) is 3.93. The second kappa shape index (κ2) is 6.12. The maximum absolute atomic E-state index is 12.4. The Morgan fingerprint density at radius 3 is 2.60 bits per heavy atom. The van der Waals surface area contributed by atoms with Crippen molar-refractivity contribution in [1.29, 1.82) is 0 Å². The molecule has 1 aromatic heterocycles. The van der Waals surface area contributed by atoms with Gasteiger partial charge in [0.2, 0.25) is 0 Å². The summed E-state index contributed by atoms with van der Waals surface area (Å²) in [6.07, 6.45) is 2.06. The van der Waals surface area contributed by atoms with Gasteiger partial charge in [0.05, 0.1) is 15.1 Å². The largest absolute Gasteiger partial charge is 0.349 e. The highest BCUT2D eigenvalue weighted by Crippen LogP contribution is 2.29. The molecule has 2 aromatic carbocycles. The fourth-order valence-electron chi connectivity index (χ4n) is 2.38. The molecule has 25 heavy (non-hydrogen) atoms. The summed E-state index contributed by atoms with van der Waals surface area (Å²) in [5.41, 5.74) is 1.21. The monoisotopic (exact) mass is 373 g/mol. The van der Waals surface area contributed by atoms with Crippen LogP contribution in [0.5, 0.6) is 0 Å². The average molecular weight is 373 g/mol. The van der Waals surface area contributed by atoms with Crippen LogP contribution < -0.4 is 10.0 Å². The van der Waals surface area contributed by atoms with E-state index in [9.17, 15) is 13.2 Å². The molecule has 2 N–H and O–H groups in total. The molecule has 1 aliphatic rings. The van der Waals surface area contributed by atoms with Crippen LogP contribution in [-0.2, 0) is 10.0 Å². The quantitative estimate of drug-likeness (QED) is 0.720. The van der Waals surface area contributed by atoms with Crippen LogP contribution in [0.1, 0.15) is 23.2 Å². The van der Waals surface area contributed by atoms with Crippen molar-refractivity contribution in [2.45, 2.75) is 23.8 Å². The van der Waals surface area contributed by atoms with Crippen molar-refractivity contribution in [1.82, 2.24) is 10.3 Å². The second-order valence-corrected chi connectivity index (χ2v) is 8.58. The van der Waals surface area contributed by atoms with Gasteiger partial charge in [-0.3, -0.25) is 9.52 Å². The molecule has 3 aromatic rings. The summed E-state index contributed by atoms with van der Waals surface area (Å²) in [6, 6.07) is 13.6. The summed E-state index contributed by atoms with van der Waals surface area (Å²) in [7, 11) is -3.68. The molecule has 1 aliphatic carbocycles. The third kappa shape index (κ3) is 3.49. The Balaban J connectivity index is 1.59. The molecule has 0 bridgehead atoms.